The van der Waals surface area contributed by atoms with Gasteiger partial charge in [0.05, 0.1) is 5.69 Å². The number of hydrogen-bond acceptors (Lipinski definition) is 1. The normalized spacial score (nSPS) is 10.3. The first kappa shape index (κ1) is 13.9. The third kappa shape index (κ3) is 3.48. The van der Waals surface area contributed by atoms with E-state index >= 15 is 0 Å². The Morgan fingerprint density at radius 3 is 2.47 bits per heavy atom. The maximum atomic E-state index is 4.14. The van der Waals surface area contributed by atoms with Crippen molar-refractivity contribution in [2.75, 3.05) is 11.9 Å². The van der Waals surface area contributed by atoms with Crippen molar-refractivity contribution in [2.24, 2.45) is 0 Å². The molecule has 0 atom stereocenters. The van der Waals surface area contributed by atoms with Gasteiger partial charge in [-0.15, -0.1) is 0 Å². The van der Waals surface area contributed by atoms with E-state index in [2.05, 4.69) is 65.9 Å². The summed E-state index contributed by atoms with van der Waals surface area (Å²) in [4.78, 5) is 0. The van der Waals surface area contributed by atoms with Crippen LogP contribution >= 0.6 is 15.9 Å². The Hall–Kier alpha value is -1.54. The average molecular weight is 316 g/mol. The zero-order chi connectivity index (χ0) is 13.8. The molecule has 0 saturated heterocycles. The van der Waals surface area contributed by atoms with Crippen LogP contribution in [0.15, 0.2) is 53.5 Å². The molecule has 0 aliphatic rings. The first-order chi connectivity index (χ1) is 9.08. The summed E-state index contributed by atoms with van der Waals surface area (Å²) >= 11 is 3.61. The van der Waals surface area contributed by atoms with Gasteiger partial charge in [0.15, 0.2) is 0 Å². The summed E-state index contributed by atoms with van der Waals surface area (Å²) in [6, 6.07) is 14.6. The zero-order valence-electron chi connectivity index (χ0n) is 11.3. The fourth-order valence-corrected chi connectivity index (χ4v) is 2.92. The molecule has 1 N–H and O–H groups in total. The van der Waals surface area contributed by atoms with Crippen molar-refractivity contribution in [3.8, 4) is 0 Å². The van der Waals surface area contributed by atoms with Crippen LogP contribution in [0.1, 0.15) is 16.7 Å². The highest BCUT2D eigenvalue weighted by atomic mass is 79.9. The smallest absolute Gasteiger partial charge is 0.0517 e. The Labute approximate surface area is 123 Å². The number of nitrogens with one attached hydrogen (secondary N) is 1. The molecule has 2 rings (SSSR count). The molecule has 98 valence electrons. The van der Waals surface area contributed by atoms with E-state index in [0.717, 1.165) is 22.3 Å². The maximum absolute atomic E-state index is 4.14. The highest BCUT2D eigenvalue weighted by molar-refractivity contribution is 9.10. The Morgan fingerprint density at radius 1 is 1.16 bits per heavy atom. The van der Waals surface area contributed by atoms with Gasteiger partial charge in [0.2, 0.25) is 0 Å². The number of aryl methyl sites for hydroxylation is 2. The van der Waals surface area contributed by atoms with Crippen LogP contribution in [0.25, 0.3) is 5.57 Å². The van der Waals surface area contributed by atoms with Crippen LogP contribution in [-0.4, -0.2) is 6.54 Å². The van der Waals surface area contributed by atoms with Crippen LogP contribution in [0, 0.1) is 13.8 Å². The maximum Gasteiger partial charge on any atom is 0.0517 e. The predicted molar refractivity (Wildman–Crippen MR) is 87.6 cm³/mol. The molecule has 0 fully saturated rings. The second-order valence-corrected chi connectivity index (χ2v) is 5.62. The lowest BCUT2D eigenvalue weighted by Gasteiger charge is -2.14. The van der Waals surface area contributed by atoms with Crippen LogP contribution < -0.4 is 5.32 Å². The van der Waals surface area contributed by atoms with Crippen LogP contribution in [-0.2, 0) is 0 Å². The standard InChI is InChI=1S/C17H18BrN/c1-12-9-13(2)17(16(18)10-12)19-11-14(3)15-7-5-4-6-8-15/h4-10,19H,3,11H2,1-2H3. The molecule has 0 unspecified atom stereocenters. The van der Waals surface area contributed by atoms with Crippen LogP contribution in [0.2, 0.25) is 0 Å². The molecular weight excluding hydrogens is 298 g/mol. The number of benzene rings is 2. The van der Waals surface area contributed by atoms with E-state index in [1.165, 1.54) is 16.7 Å². The van der Waals surface area contributed by atoms with E-state index in [9.17, 15) is 0 Å². The third-order valence-corrected chi connectivity index (χ3v) is 3.72. The Bertz CT molecular complexity index is 564. The molecular formula is C17H18BrN. The molecule has 1 nitrogen and oxygen atoms in total. The van der Waals surface area contributed by atoms with E-state index in [-0.39, 0.29) is 0 Å². The van der Waals surface area contributed by atoms with Crippen molar-refractivity contribution in [3.05, 3.63) is 70.2 Å². The zero-order valence-corrected chi connectivity index (χ0v) is 12.9. The Kier molecular flexibility index (Phi) is 4.43. The summed E-state index contributed by atoms with van der Waals surface area (Å²) < 4.78 is 1.10. The Morgan fingerprint density at radius 2 is 1.84 bits per heavy atom. The second-order valence-electron chi connectivity index (χ2n) is 4.76. The monoisotopic (exact) mass is 315 g/mol. The first-order valence-corrected chi connectivity index (χ1v) is 7.11. The van der Waals surface area contributed by atoms with E-state index in [4.69, 9.17) is 0 Å². The van der Waals surface area contributed by atoms with E-state index in [1.807, 2.05) is 18.2 Å². The van der Waals surface area contributed by atoms with Gasteiger partial charge in [-0.1, -0.05) is 43.0 Å². The SMILES string of the molecule is C=C(CNc1c(C)cc(C)cc1Br)c1ccccc1. The van der Waals surface area contributed by atoms with Crippen LogP contribution in [0.3, 0.4) is 0 Å². The van der Waals surface area contributed by atoms with Gasteiger partial charge in [-0.3, -0.25) is 0 Å². The van der Waals surface area contributed by atoms with Gasteiger partial charge < -0.3 is 5.32 Å². The molecule has 0 aliphatic heterocycles. The quantitative estimate of drug-likeness (QED) is 0.818. The van der Waals surface area contributed by atoms with E-state index in [1.54, 1.807) is 0 Å². The summed E-state index contributed by atoms with van der Waals surface area (Å²) in [7, 11) is 0. The number of hydrogen-bond donors (Lipinski definition) is 1. The predicted octanol–water partition coefficient (Wildman–Crippen LogP) is 5.19. The molecule has 2 heteroatoms. The molecule has 0 saturated carbocycles. The minimum atomic E-state index is 0.743. The van der Waals surface area contributed by atoms with Crippen molar-refractivity contribution >= 4 is 27.2 Å². The van der Waals surface area contributed by atoms with Crippen molar-refractivity contribution in [1.29, 1.82) is 0 Å². The van der Waals surface area contributed by atoms with Gasteiger partial charge in [0.1, 0.15) is 0 Å². The van der Waals surface area contributed by atoms with Crippen molar-refractivity contribution in [2.45, 2.75) is 13.8 Å². The molecule has 0 aromatic heterocycles. The molecule has 0 amide bonds. The molecule has 0 aliphatic carbocycles. The van der Waals surface area contributed by atoms with Crippen LogP contribution in [0.4, 0.5) is 5.69 Å². The molecule has 0 heterocycles. The number of anilines is 1. The molecule has 2 aromatic rings. The van der Waals surface area contributed by atoms with Crippen molar-refractivity contribution < 1.29 is 0 Å². The lowest BCUT2D eigenvalue weighted by atomic mass is 10.1. The molecule has 0 spiro atoms. The van der Waals surface area contributed by atoms with Gasteiger partial charge in [-0.2, -0.15) is 0 Å². The summed E-state index contributed by atoms with van der Waals surface area (Å²) in [5.74, 6) is 0. The van der Waals surface area contributed by atoms with Gasteiger partial charge >= 0.3 is 0 Å². The number of rotatable bonds is 4. The minimum Gasteiger partial charge on any atom is -0.380 e. The fraction of sp³-hybridized carbons (Fsp3) is 0.176. The summed E-state index contributed by atoms with van der Waals surface area (Å²) in [6.45, 7) is 9.10. The van der Waals surface area contributed by atoms with Crippen LogP contribution in [0.5, 0.6) is 0 Å². The van der Waals surface area contributed by atoms with Crippen molar-refractivity contribution in [1.82, 2.24) is 0 Å². The minimum absolute atomic E-state index is 0.743. The second kappa shape index (κ2) is 6.07. The topological polar surface area (TPSA) is 12.0 Å². The lowest BCUT2D eigenvalue weighted by Crippen LogP contribution is -2.05. The van der Waals surface area contributed by atoms with Gasteiger partial charge in [-0.25, -0.2) is 0 Å². The third-order valence-electron chi connectivity index (χ3n) is 3.09. The van der Waals surface area contributed by atoms with Crippen molar-refractivity contribution in [3.63, 3.8) is 0 Å². The fourth-order valence-electron chi connectivity index (χ4n) is 2.11. The summed E-state index contributed by atoms with van der Waals surface area (Å²) in [5.41, 5.74) is 5.91. The van der Waals surface area contributed by atoms with Gasteiger partial charge in [0, 0.05) is 11.0 Å². The average Bonchev–Trinajstić information content (AvgIpc) is 2.38. The molecule has 0 radical (unpaired) electrons. The van der Waals surface area contributed by atoms with E-state index < -0.39 is 0 Å². The Balaban J connectivity index is 2.10. The summed E-state index contributed by atoms with van der Waals surface area (Å²) in [5, 5.41) is 3.46. The highest BCUT2D eigenvalue weighted by Crippen LogP contribution is 2.28. The first-order valence-electron chi connectivity index (χ1n) is 6.32. The number of halogens is 1. The van der Waals surface area contributed by atoms with E-state index in [0.29, 0.717) is 0 Å². The largest absolute Gasteiger partial charge is 0.380 e. The molecule has 2 aromatic carbocycles. The van der Waals surface area contributed by atoms with Gasteiger partial charge in [-0.05, 0) is 58.1 Å². The lowest BCUT2D eigenvalue weighted by molar-refractivity contribution is 1.28. The van der Waals surface area contributed by atoms with Gasteiger partial charge in [0.25, 0.3) is 0 Å². The molecule has 19 heavy (non-hydrogen) atoms. The molecule has 0 bridgehead atoms. The highest BCUT2D eigenvalue weighted by Gasteiger charge is 2.05. The summed E-state index contributed by atoms with van der Waals surface area (Å²) in [6.07, 6.45) is 0.